The summed E-state index contributed by atoms with van der Waals surface area (Å²) in [6.07, 6.45) is 1.47. The Morgan fingerprint density at radius 1 is 1.00 bits per heavy atom. The lowest BCUT2D eigenvalue weighted by atomic mass is 10.2. The van der Waals surface area contributed by atoms with E-state index in [4.69, 9.17) is 13.9 Å². The van der Waals surface area contributed by atoms with E-state index in [9.17, 15) is 13.2 Å². The lowest BCUT2D eigenvalue weighted by molar-refractivity contribution is 0.102. The van der Waals surface area contributed by atoms with Crippen molar-refractivity contribution in [2.75, 3.05) is 19.5 Å². The van der Waals surface area contributed by atoms with Crippen molar-refractivity contribution in [2.45, 2.75) is 11.4 Å². The molecule has 0 bridgehead atoms. The van der Waals surface area contributed by atoms with Gasteiger partial charge in [0.05, 0.1) is 31.9 Å². The summed E-state index contributed by atoms with van der Waals surface area (Å²) in [6, 6.07) is 14.0. The molecule has 0 radical (unpaired) electrons. The fourth-order valence-electron chi connectivity index (χ4n) is 2.57. The van der Waals surface area contributed by atoms with Gasteiger partial charge in [-0.25, -0.2) is 13.1 Å². The smallest absolute Gasteiger partial charge is 0.255 e. The Kier molecular flexibility index (Phi) is 6.20. The topological polar surface area (TPSA) is 107 Å². The minimum absolute atomic E-state index is 0.0386. The van der Waals surface area contributed by atoms with Gasteiger partial charge in [0, 0.05) is 17.3 Å². The summed E-state index contributed by atoms with van der Waals surface area (Å²) >= 11 is 0. The van der Waals surface area contributed by atoms with Crippen molar-refractivity contribution in [2.24, 2.45) is 0 Å². The molecule has 9 heteroatoms. The summed E-state index contributed by atoms with van der Waals surface area (Å²) in [5.41, 5.74) is 0.828. The Balaban J connectivity index is 1.68. The molecule has 0 aliphatic carbocycles. The van der Waals surface area contributed by atoms with Gasteiger partial charge < -0.3 is 19.2 Å². The number of hydrogen-bond acceptors (Lipinski definition) is 6. The second kappa shape index (κ2) is 8.80. The first-order valence-corrected chi connectivity index (χ1v) is 10.1. The molecule has 1 heterocycles. The van der Waals surface area contributed by atoms with E-state index in [2.05, 4.69) is 10.0 Å². The van der Waals surface area contributed by atoms with Crippen molar-refractivity contribution >= 4 is 21.6 Å². The van der Waals surface area contributed by atoms with Gasteiger partial charge in [-0.15, -0.1) is 0 Å². The Morgan fingerprint density at radius 3 is 2.34 bits per heavy atom. The first-order chi connectivity index (χ1) is 13.9. The number of anilines is 1. The summed E-state index contributed by atoms with van der Waals surface area (Å²) in [4.78, 5) is 12.5. The molecule has 2 N–H and O–H groups in total. The molecule has 2 aromatic carbocycles. The van der Waals surface area contributed by atoms with E-state index in [1.807, 2.05) is 0 Å². The Hall–Kier alpha value is -3.30. The number of amides is 1. The normalized spacial score (nSPS) is 11.1. The molecule has 0 aliphatic heterocycles. The minimum Gasteiger partial charge on any atom is -0.493 e. The molecule has 0 atom stereocenters. The van der Waals surface area contributed by atoms with Crippen LogP contribution in [0.1, 0.15) is 16.1 Å². The fourth-order valence-corrected chi connectivity index (χ4v) is 3.56. The van der Waals surface area contributed by atoms with E-state index in [0.29, 0.717) is 28.5 Å². The highest BCUT2D eigenvalue weighted by atomic mass is 32.2. The molecular formula is C20H20N2O6S. The predicted molar refractivity (Wildman–Crippen MR) is 107 cm³/mol. The summed E-state index contributed by atoms with van der Waals surface area (Å²) in [5, 5.41) is 2.73. The zero-order valence-electron chi connectivity index (χ0n) is 15.8. The zero-order valence-corrected chi connectivity index (χ0v) is 16.7. The summed E-state index contributed by atoms with van der Waals surface area (Å²) in [6.45, 7) is 0.0386. The molecule has 152 valence electrons. The molecule has 0 saturated carbocycles. The quantitative estimate of drug-likeness (QED) is 0.585. The van der Waals surface area contributed by atoms with Crippen LogP contribution in [0.3, 0.4) is 0 Å². The van der Waals surface area contributed by atoms with Crippen LogP contribution in [0.2, 0.25) is 0 Å². The first-order valence-electron chi connectivity index (χ1n) is 8.58. The third-order valence-electron chi connectivity index (χ3n) is 4.08. The third kappa shape index (κ3) is 4.95. The van der Waals surface area contributed by atoms with Crippen molar-refractivity contribution in [3.05, 3.63) is 72.2 Å². The minimum atomic E-state index is -3.73. The lowest BCUT2D eigenvalue weighted by Gasteiger charge is -2.11. The number of furan rings is 1. The van der Waals surface area contributed by atoms with Crippen molar-refractivity contribution in [3.8, 4) is 11.5 Å². The molecule has 3 aromatic rings. The maximum Gasteiger partial charge on any atom is 0.255 e. The largest absolute Gasteiger partial charge is 0.493 e. The first kappa shape index (κ1) is 20.4. The van der Waals surface area contributed by atoms with Gasteiger partial charge >= 0.3 is 0 Å². The number of sulfonamides is 1. The van der Waals surface area contributed by atoms with Gasteiger partial charge in [-0.05, 0) is 48.5 Å². The van der Waals surface area contributed by atoms with Gasteiger partial charge in [-0.1, -0.05) is 0 Å². The predicted octanol–water partition coefficient (Wildman–Crippen LogP) is 3.03. The molecule has 8 nitrogen and oxygen atoms in total. The molecule has 0 unspecified atom stereocenters. The second-order valence-corrected chi connectivity index (χ2v) is 7.72. The molecule has 1 aromatic heterocycles. The van der Waals surface area contributed by atoms with Crippen LogP contribution < -0.4 is 19.5 Å². The van der Waals surface area contributed by atoms with Crippen LogP contribution in [0, 0.1) is 0 Å². The van der Waals surface area contributed by atoms with Crippen LogP contribution in [0.5, 0.6) is 11.5 Å². The van der Waals surface area contributed by atoms with E-state index in [-0.39, 0.29) is 17.3 Å². The van der Waals surface area contributed by atoms with Crippen LogP contribution in [0.25, 0.3) is 0 Å². The van der Waals surface area contributed by atoms with E-state index < -0.39 is 10.0 Å². The van der Waals surface area contributed by atoms with Crippen LogP contribution in [0.15, 0.2) is 70.2 Å². The molecular weight excluding hydrogens is 396 g/mol. The average molecular weight is 416 g/mol. The van der Waals surface area contributed by atoms with E-state index in [1.165, 1.54) is 44.7 Å². The highest BCUT2D eigenvalue weighted by Gasteiger charge is 2.16. The number of carbonyl (C=O) groups excluding carboxylic acids is 1. The molecule has 0 saturated heterocycles. The molecule has 0 spiro atoms. The maximum absolute atomic E-state index is 12.4. The van der Waals surface area contributed by atoms with Crippen LogP contribution >= 0.6 is 0 Å². The van der Waals surface area contributed by atoms with Crippen LogP contribution in [-0.2, 0) is 16.6 Å². The highest BCUT2D eigenvalue weighted by molar-refractivity contribution is 7.89. The van der Waals surface area contributed by atoms with Crippen molar-refractivity contribution in [3.63, 3.8) is 0 Å². The Labute approximate surface area is 168 Å². The van der Waals surface area contributed by atoms with Gasteiger partial charge in [0.2, 0.25) is 10.0 Å². The third-order valence-corrected chi connectivity index (χ3v) is 5.50. The number of hydrogen-bond donors (Lipinski definition) is 2. The maximum atomic E-state index is 12.4. The summed E-state index contributed by atoms with van der Waals surface area (Å²) in [7, 11) is -0.701. The number of methoxy groups -OCH3 is 2. The monoisotopic (exact) mass is 416 g/mol. The van der Waals surface area contributed by atoms with Gasteiger partial charge in [-0.2, -0.15) is 0 Å². The van der Waals surface area contributed by atoms with E-state index in [0.717, 1.165) is 0 Å². The summed E-state index contributed by atoms with van der Waals surface area (Å²) < 4.78 is 42.6. The van der Waals surface area contributed by atoms with Gasteiger partial charge in [0.25, 0.3) is 5.91 Å². The zero-order chi connectivity index (χ0) is 20.9. The van der Waals surface area contributed by atoms with Crippen LogP contribution in [0.4, 0.5) is 5.69 Å². The van der Waals surface area contributed by atoms with Gasteiger partial charge in [-0.3, -0.25) is 4.79 Å². The number of carbonyl (C=O) groups is 1. The molecule has 1 amide bonds. The standard InChI is InChI=1S/C20H20N2O6S/c1-26-18-10-7-15(12-19(18)27-2)22-20(23)14-5-8-17(9-6-14)29(24,25)21-13-16-4-3-11-28-16/h3-12,21H,13H2,1-2H3,(H,22,23). The molecule has 3 rings (SSSR count). The van der Waals surface area contributed by atoms with Crippen molar-refractivity contribution < 1.29 is 27.1 Å². The van der Waals surface area contributed by atoms with Crippen LogP contribution in [-0.4, -0.2) is 28.5 Å². The van der Waals surface area contributed by atoms with Crippen molar-refractivity contribution in [1.29, 1.82) is 0 Å². The van der Waals surface area contributed by atoms with Gasteiger partial charge in [0.15, 0.2) is 11.5 Å². The number of benzene rings is 2. The molecule has 29 heavy (non-hydrogen) atoms. The second-order valence-electron chi connectivity index (χ2n) is 5.95. The number of rotatable bonds is 8. The molecule has 0 aliphatic rings. The van der Waals surface area contributed by atoms with E-state index >= 15 is 0 Å². The highest BCUT2D eigenvalue weighted by Crippen LogP contribution is 2.30. The average Bonchev–Trinajstić information content (AvgIpc) is 3.26. The number of nitrogens with one attached hydrogen (secondary N) is 2. The lowest BCUT2D eigenvalue weighted by Crippen LogP contribution is -2.23. The molecule has 0 fully saturated rings. The SMILES string of the molecule is COc1ccc(NC(=O)c2ccc(S(=O)(=O)NCc3ccco3)cc2)cc1OC. The Morgan fingerprint density at radius 2 is 1.72 bits per heavy atom. The summed E-state index contributed by atoms with van der Waals surface area (Å²) in [5.74, 6) is 1.14. The number of ether oxygens (including phenoxy) is 2. The van der Waals surface area contributed by atoms with E-state index in [1.54, 1.807) is 30.3 Å². The Bertz CT molecular complexity index is 1080. The van der Waals surface area contributed by atoms with Crippen molar-refractivity contribution in [1.82, 2.24) is 4.72 Å². The fraction of sp³-hybridized carbons (Fsp3) is 0.150. The van der Waals surface area contributed by atoms with Gasteiger partial charge in [0.1, 0.15) is 5.76 Å².